The standard InChI is InChI=1S/C18H14ClNS/c1-13-2-4-14(5-3-13)6-11-18-20-17(12-21-18)15-7-9-16(19)10-8-15/h2-12H,1H3/b11-6+. The van der Waals surface area contributed by atoms with Crippen LogP contribution in [0.3, 0.4) is 0 Å². The number of halogens is 1. The van der Waals surface area contributed by atoms with Gasteiger partial charge in [0.2, 0.25) is 0 Å². The molecule has 0 bridgehead atoms. The lowest BCUT2D eigenvalue weighted by atomic mass is 10.1. The van der Waals surface area contributed by atoms with Gasteiger partial charge in [0.1, 0.15) is 5.01 Å². The van der Waals surface area contributed by atoms with Crippen LogP contribution in [-0.4, -0.2) is 4.98 Å². The van der Waals surface area contributed by atoms with E-state index in [9.17, 15) is 0 Å². The average molecular weight is 312 g/mol. The quantitative estimate of drug-likeness (QED) is 0.583. The number of benzene rings is 2. The summed E-state index contributed by atoms with van der Waals surface area (Å²) in [6.07, 6.45) is 4.14. The summed E-state index contributed by atoms with van der Waals surface area (Å²) in [4.78, 5) is 4.63. The van der Waals surface area contributed by atoms with Crippen molar-refractivity contribution in [3.8, 4) is 11.3 Å². The molecule has 3 rings (SSSR count). The summed E-state index contributed by atoms with van der Waals surface area (Å²) in [6, 6.07) is 16.2. The Morgan fingerprint density at radius 1 is 0.952 bits per heavy atom. The summed E-state index contributed by atoms with van der Waals surface area (Å²) in [5, 5.41) is 3.81. The van der Waals surface area contributed by atoms with Crippen LogP contribution in [-0.2, 0) is 0 Å². The number of aromatic nitrogens is 1. The first kappa shape index (κ1) is 14.1. The second kappa shape index (κ2) is 6.25. The van der Waals surface area contributed by atoms with Crippen LogP contribution >= 0.6 is 22.9 Å². The lowest BCUT2D eigenvalue weighted by Gasteiger charge is -1.96. The highest BCUT2D eigenvalue weighted by atomic mass is 35.5. The van der Waals surface area contributed by atoms with Crippen molar-refractivity contribution in [2.75, 3.05) is 0 Å². The van der Waals surface area contributed by atoms with Gasteiger partial charge in [0.25, 0.3) is 0 Å². The fourth-order valence-electron chi connectivity index (χ4n) is 1.96. The van der Waals surface area contributed by atoms with Crippen molar-refractivity contribution < 1.29 is 0 Å². The Labute approximate surface area is 133 Å². The zero-order valence-electron chi connectivity index (χ0n) is 11.6. The number of rotatable bonds is 3. The lowest BCUT2D eigenvalue weighted by molar-refractivity contribution is 1.38. The van der Waals surface area contributed by atoms with Gasteiger partial charge in [-0.1, -0.05) is 59.6 Å². The van der Waals surface area contributed by atoms with Gasteiger partial charge in [-0.05, 0) is 30.7 Å². The molecule has 0 saturated carbocycles. The summed E-state index contributed by atoms with van der Waals surface area (Å²) in [7, 11) is 0. The van der Waals surface area contributed by atoms with Crippen LogP contribution in [0, 0.1) is 6.92 Å². The average Bonchev–Trinajstić information content (AvgIpc) is 2.96. The fraction of sp³-hybridized carbons (Fsp3) is 0.0556. The maximum absolute atomic E-state index is 5.90. The number of nitrogens with zero attached hydrogens (tertiary/aromatic N) is 1. The normalized spacial score (nSPS) is 11.1. The van der Waals surface area contributed by atoms with Gasteiger partial charge in [0, 0.05) is 16.0 Å². The van der Waals surface area contributed by atoms with Crippen LogP contribution in [0.5, 0.6) is 0 Å². The van der Waals surface area contributed by atoms with E-state index in [0.717, 1.165) is 21.3 Å². The summed E-state index contributed by atoms with van der Waals surface area (Å²) < 4.78 is 0. The largest absolute Gasteiger partial charge is 0.237 e. The summed E-state index contributed by atoms with van der Waals surface area (Å²) in [5.41, 5.74) is 4.53. The third-order valence-corrected chi connectivity index (χ3v) is 4.22. The van der Waals surface area contributed by atoms with Gasteiger partial charge in [-0.3, -0.25) is 0 Å². The molecule has 0 amide bonds. The van der Waals surface area contributed by atoms with Crippen molar-refractivity contribution in [1.29, 1.82) is 0 Å². The monoisotopic (exact) mass is 311 g/mol. The summed E-state index contributed by atoms with van der Waals surface area (Å²) >= 11 is 7.54. The smallest absolute Gasteiger partial charge is 0.116 e. The molecule has 0 aliphatic carbocycles. The van der Waals surface area contributed by atoms with E-state index >= 15 is 0 Å². The van der Waals surface area contributed by atoms with Gasteiger partial charge >= 0.3 is 0 Å². The Morgan fingerprint density at radius 2 is 1.67 bits per heavy atom. The van der Waals surface area contributed by atoms with Gasteiger partial charge in [-0.15, -0.1) is 11.3 Å². The van der Waals surface area contributed by atoms with Crippen molar-refractivity contribution in [3.05, 3.63) is 75.1 Å². The molecule has 2 aromatic carbocycles. The predicted molar refractivity (Wildman–Crippen MR) is 92.7 cm³/mol. The third kappa shape index (κ3) is 3.60. The van der Waals surface area contributed by atoms with E-state index in [1.807, 2.05) is 24.3 Å². The van der Waals surface area contributed by atoms with Crippen molar-refractivity contribution in [2.24, 2.45) is 0 Å². The Bertz CT molecular complexity index is 755. The van der Waals surface area contributed by atoms with E-state index in [0.29, 0.717) is 0 Å². The first-order chi connectivity index (χ1) is 10.2. The van der Waals surface area contributed by atoms with E-state index in [4.69, 9.17) is 11.6 Å². The zero-order valence-corrected chi connectivity index (χ0v) is 13.2. The van der Waals surface area contributed by atoms with Gasteiger partial charge in [-0.2, -0.15) is 0 Å². The molecule has 0 fully saturated rings. The number of hydrogen-bond acceptors (Lipinski definition) is 2. The Balaban J connectivity index is 1.78. The minimum absolute atomic E-state index is 0.744. The Morgan fingerprint density at radius 3 is 2.38 bits per heavy atom. The van der Waals surface area contributed by atoms with Crippen molar-refractivity contribution >= 4 is 35.1 Å². The van der Waals surface area contributed by atoms with Crippen LogP contribution in [0.2, 0.25) is 5.02 Å². The number of hydrogen-bond donors (Lipinski definition) is 0. The van der Waals surface area contributed by atoms with E-state index in [1.165, 1.54) is 11.1 Å². The minimum atomic E-state index is 0.744. The molecule has 0 atom stereocenters. The molecule has 1 nitrogen and oxygen atoms in total. The molecule has 3 heteroatoms. The Kier molecular flexibility index (Phi) is 4.18. The van der Waals surface area contributed by atoms with Crippen LogP contribution in [0.1, 0.15) is 16.1 Å². The SMILES string of the molecule is Cc1ccc(/C=C/c2nc(-c3ccc(Cl)cc3)cs2)cc1. The number of thiazole rings is 1. The second-order valence-corrected chi connectivity index (χ2v) is 6.15. The molecule has 0 N–H and O–H groups in total. The van der Waals surface area contributed by atoms with E-state index in [2.05, 4.69) is 53.7 Å². The Hall–Kier alpha value is -1.90. The molecule has 0 aliphatic rings. The molecule has 0 radical (unpaired) electrons. The summed E-state index contributed by atoms with van der Waals surface area (Å²) in [5.74, 6) is 0. The molecule has 21 heavy (non-hydrogen) atoms. The second-order valence-electron chi connectivity index (χ2n) is 4.82. The van der Waals surface area contributed by atoms with Crippen LogP contribution < -0.4 is 0 Å². The van der Waals surface area contributed by atoms with E-state index in [-0.39, 0.29) is 0 Å². The van der Waals surface area contributed by atoms with Crippen LogP contribution in [0.25, 0.3) is 23.4 Å². The first-order valence-electron chi connectivity index (χ1n) is 6.67. The molecule has 1 aromatic heterocycles. The maximum atomic E-state index is 5.90. The molecule has 1 heterocycles. The van der Waals surface area contributed by atoms with Crippen LogP contribution in [0.15, 0.2) is 53.9 Å². The highest BCUT2D eigenvalue weighted by Crippen LogP contribution is 2.24. The van der Waals surface area contributed by atoms with Gasteiger partial charge < -0.3 is 0 Å². The van der Waals surface area contributed by atoms with Crippen molar-refractivity contribution in [3.63, 3.8) is 0 Å². The molecule has 3 aromatic rings. The topological polar surface area (TPSA) is 12.9 Å². The van der Waals surface area contributed by atoms with Crippen molar-refractivity contribution in [2.45, 2.75) is 6.92 Å². The summed E-state index contributed by atoms with van der Waals surface area (Å²) in [6.45, 7) is 2.09. The predicted octanol–water partition coefficient (Wildman–Crippen LogP) is 5.94. The highest BCUT2D eigenvalue weighted by Gasteiger charge is 2.02. The first-order valence-corrected chi connectivity index (χ1v) is 7.93. The van der Waals surface area contributed by atoms with E-state index < -0.39 is 0 Å². The zero-order chi connectivity index (χ0) is 14.7. The van der Waals surface area contributed by atoms with Gasteiger partial charge in [0.15, 0.2) is 0 Å². The lowest BCUT2D eigenvalue weighted by Crippen LogP contribution is -1.78. The molecular weight excluding hydrogens is 298 g/mol. The minimum Gasteiger partial charge on any atom is -0.237 e. The fourth-order valence-corrected chi connectivity index (χ4v) is 2.81. The maximum Gasteiger partial charge on any atom is 0.116 e. The van der Waals surface area contributed by atoms with Gasteiger partial charge in [0.05, 0.1) is 5.69 Å². The molecule has 0 aliphatic heterocycles. The molecule has 104 valence electrons. The van der Waals surface area contributed by atoms with Crippen LogP contribution in [0.4, 0.5) is 0 Å². The molecule has 0 saturated heterocycles. The van der Waals surface area contributed by atoms with Gasteiger partial charge in [-0.25, -0.2) is 4.98 Å². The van der Waals surface area contributed by atoms with E-state index in [1.54, 1.807) is 11.3 Å². The molecule has 0 spiro atoms. The third-order valence-electron chi connectivity index (χ3n) is 3.16. The highest BCUT2D eigenvalue weighted by molar-refractivity contribution is 7.10. The molecule has 0 unspecified atom stereocenters. The van der Waals surface area contributed by atoms with Crippen molar-refractivity contribution in [1.82, 2.24) is 4.98 Å². The number of aryl methyl sites for hydroxylation is 1. The molecular formula is C18H14ClNS.